The Hall–Kier alpha value is -2.49. The van der Waals surface area contributed by atoms with Gasteiger partial charge in [0.15, 0.2) is 0 Å². The second-order valence-electron chi connectivity index (χ2n) is 7.79. The number of benzene rings is 2. The third-order valence-corrected chi connectivity index (χ3v) is 5.73. The van der Waals surface area contributed by atoms with E-state index in [1.165, 1.54) is 48.9 Å². The number of hydrogen-bond donors (Lipinski definition) is 2. The second-order valence-corrected chi connectivity index (χ2v) is 7.79. The van der Waals surface area contributed by atoms with Gasteiger partial charge in [0.1, 0.15) is 6.04 Å². The van der Waals surface area contributed by atoms with Crippen molar-refractivity contribution in [3.63, 3.8) is 0 Å². The molecule has 4 heteroatoms. The highest BCUT2D eigenvalue weighted by atomic mass is 16.2. The maximum Gasteiger partial charge on any atom is 0.246 e. The lowest BCUT2D eigenvalue weighted by molar-refractivity contribution is -0.116. The molecular weight excluding hydrogens is 334 g/mol. The third kappa shape index (κ3) is 4.26. The number of nitrogens with zero attached hydrogens (tertiary/aromatic N) is 1. The first kappa shape index (κ1) is 17.9. The van der Waals surface area contributed by atoms with Crippen molar-refractivity contribution in [2.45, 2.75) is 51.5 Å². The minimum absolute atomic E-state index is 0.0128. The summed E-state index contributed by atoms with van der Waals surface area (Å²) in [4.78, 5) is 15.0. The molecule has 0 saturated carbocycles. The van der Waals surface area contributed by atoms with E-state index in [1.807, 2.05) is 19.1 Å². The molecule has 1 aliphatic carbocycles. The number of carbonyl (C=O) groups is 1. The molecule has 142 valence electrons. The quantitative estimate of drug-likeness (QED) is 0.816. The van der Waals surface area contributed by atoms with E-state index in [9.17, 15) is 4.79 Å². The molecule has 1 saturated heterocycles. The van der Waals surface area contributed by atoms with Gasteiger partial charge in [-0.2, -0.15) is 0 Å². The molecule has 0 aromatic heterocycles. The fraction of sp³-hybridized carbons (Fsp3) is 0.435. The largest absolute Gasteiger partial charge is 0.374 e. The normalized spacial score (nSPS) is 17.3. The van der Waals surface area contributed by atoms with Gasteiger partial charge in [-0.1, -0.05) is 6.07 Å². The smallest absolute Gasteiger partial charge is 0.246 e. The van der Waals surface area contributed by atoms with Crippen LogP contribution < -0.4 is 15.5 Å². The Kier molecular flexibility index (Phi) is 5.33. The zero-order valence-corrected chi connectivity index (χ0v) is 16.1. The van der Waals surface area contributed by atoms with Crippen LogP contribution in [0.2, 0.25) is 0 Å². The number of carbonyl (C=O) groups excluding carboxylic acids is 1. The van der Waals surface area contributed by atoms with E-state index in [0.29, 0.717) is 0 Å². The zero-order chi connectivity index (χ0) is 18.6. The minimum atomic E-state index is -0.286. The van der Waals surface area contributed by atoms with Gasteiger partial charge < -0.3 is 15.5 Å². The lowest BCUT2D eigenvalue weighted by Crippen LogP contribution is -2.32. The monoisotopic (exact) mass is 363 g/mol. The summed E-state index contributed by atoms with van der Waals surface area (Å²) in [5.74, 6) is -0.0128. The van der Waals surface area contributed by atoms with Crippen molar-refractivity contribution in [2.75, 3.05) is 28.6 Å². The predicted molar refractivity (Wildman–Crippen MR) is 113 cm³/mol. The zero-order valence-electron chi connectivity index (χ0n) is 16.1. The third-order valence-electron chi connectivity index (χ3n) is 5.73. The van der Waals surface area contributed by atoms with E-state index in [2.05, 4.69) is 45.9 Å². The molecule has 0 bridgehead atoms. The van der Waals surface area contributed by atoms with Crippen molar-refractivity contribution in [3.05, 3.63) is 53.6 Å². The number of aryl methyl sites for hydroxylation is 2. The van der Waals surface area contributed by atoms with Crippen molar-refractivity contribution >= 4 is 23.0 Å². The van der Waals surface area contributed by atoms with Gasteiger partial charge in [-0.25, -0.2) is 0 Å². The van der Waals surface area contributed by atoms with Crippen LogP contribution in [0.15, 0.2) is 42.5 Å². The average Bonchev–Trinajstić information content (AvgIpc) is 3.17. The van der Waals surface area contributed by atoms with E-state index in [0.717, 1.165) is 30.9 Å². The number of piperidine rings is 1. The molecule has 1 aliphatic heterocycles. The van der Waals surface area contributed by atoms with Crippen LogP contribution in [0.4, 0.5) is 17.1 Å². The van der Waals surface area contributed by atoms with Crippen LogP contribution in [0.5, 0.6) is 0 Å². The molecule has 1 atom stereocenters. The van der Waals surface area contributed by atoms with Gasteiger partial charge in [0, 0.05) is 30.2 Å². The summed E-state index contributed by atoms with van der Waals surface area (Å²) in [6.45, 7) is 4.17. The highest BCUT2D eigenvalue weighted by Crippen LogP contribution is 2.25. The van der Waals surface area contributed by atoms with Gasteiger partial charge in [0.05, 0.1) is 0 Å². The highest BCUT2D eigenvalue weighted by Gasteiger charge is 2.16. The molecule has 2 aromatic carbocycles. The van der Waals surface area contributed by atoms with Crippen molar-refractivity contribution < 1.29 is 4.79 Å². The number of fused-ring (bicyclic) bond motifs is 1. The molecule has 27 heavy (non-hydrogen) atoms. The van der Waals surface area contributed by atoms with Gasteiger partial charge >= 0.3 is 0 Å². The summed E-state index contributed by atoms with van der Waals surface area (Å²) in [6.07, 6.45) is 7.44. The van der Waals surface area contributed by atoms with Crippen LogP contribution in [0.3, 0.4) is 0 Å². The van der Waals surface area contributed by atoms with Crippen LogP contribution in [0.25, 0.3) is 0 Å². The van der Waals surface area contributed by atoms with Crippen molar-refractivity contribution in [1.82, 2.24) is 0 Å². The molecule has 2 N–H and O–H groups in total. The Labute approximate surface area is 162 Å². The molecule has 1 fully saturated rings. The molecule has 1 heterocycles. The predicted octanol–water partition coefficient (Wildman–Crippen LogP) is 4.60. The Morgan fingerprint density at radius 1 is 0.889 bits per heavy atom. The van der Waals surface area contributed by atoms with Gasteiger partial charge in [-0.15, -0.1) is 0 Å². The fourth-order valence-corrected chi connectivity index (χ4v) is 4.14. The van der Waals surface area contributed by atoms with E-state index in [-0.39, 0.29) is 11.9 Å². The lowest BCUT2D eigenvalue weighted by atomic mass is 10.1. The number of rotatable bonds is 5. The second kappa shape index (κ2) is 8.03. The van der Waals surface area contributed by atoms with Crippen LogP contribution in [0.1, 0.15) is 43.7 Å². The SMILES string of the molecule is C[C@@H](Nc1ccc2c(c1)CCC2)C(=O)Nc1ccc(N2CCCCC2)cc1. The fourth-order valence-electron chi connectivity index (χ4n) is 4.14. The Morgan fingerprint density at radius 3 is 2.37 bits per heavy atom. The van der Waals surface area contributed by atoms with Crippen molar-refractivity contribution in [3.8, 4) is 0 Å². The van der Waals surface area contributed by atoms with E-state index >= 15 is 0 Å². The Balaban J connectivity index is 1.34. The van der Waals surface area contributed by atoms with Gasteiger partial charge in [0.2, 0.25) is 5.91 Å². The highest BCUT2D eigenvalue weighted by molar-refractivity contribution is 5.96. The lowest BCUT2D eigenvalue weighted by Gasteiger charge is -2.28. The topological polar surface area (TPSA) is 44.4 Å². The first-order valence-corrected chi connectivity index (χ1v) is 10.2. The van der Waals surface area contributed by atoms with Gasteiger partial charge in [0.25, 0.3) is 0 Å². The van der Waals surface area contributed by atoms with E-state index in [1.54, 1.807) is 0 Å². The van der Waals surface area contributed by atoms with Crippen LogP contribution in [-0.4, -0.2) is 25.0 Å². The van der Waals surface area contributed by atoms with Crippen molar-refractivity contribution in [2.24, 2.45) is 0 Å². The molecule has 2 aromatic rings. The molecule has 2 aliphatic rings. The van der Waals surface area contributed by atoms with Crippen molar-refractivity contribution in [1.29, 1.82) is 0 Å². The summed E-state index contributed by atoms with van der Waals surface area (Å²) in [6, 6.07) is 14.4. The Morgan fingerprint density at radius 2 is 1.59 bits per heavy atom. The number of amides is 1. The molecule has 4 rings (SSSR count). The summed E-state index contributed by atoms with van der Waals surface area (Å²) >= 11 is 0. The van der Waals surface area contributed by atoms with E-state index < -0.39 is 0 Å². The number of hydrogen-bond acceptors (Lipinski definition) is 3. The molecular formula is C23H29N3O. The number of anilines is 3. The standard InChI is InChI=1S/C23H29N3O/c1-17(24-21-9-8-18-6-5-7-19(18)16-21)23(27)25-20-10-12-22(13-11-20)26-14-3-2-4-15-26/h8-13,16-17,24H,2-7,14-15H2,1H3,(H,25,27)/t17-/m1/s1. The summed E-state index contributed by atoms with van der Waals surface area (Å²) in [5, 5.41) is 6.36. The van der Waals surface area contributed by atoms with E-state index in [4.69, 9.17) is 0 Å². The summed E-state index contributed by atoms with van der Waals surface area (Å²) < 4.78 is 0. The molecule has 1 amide bonds. The minimum Gasteiger partial charge on any atom is -0.374 e. The Bertz CT molecular complexity index is 794. The van der Waals surface area contributed by atoms with Crippen LogP contribution in [-0.2, 0) is 17.6 Å². The molecule has 0 spiro atoms. The van der Waals surface area contributed by atoms with Gasteiger partial charge in [-0.3, -0.25) is 4.79 Å². The van der Waals surface area contributed by atoms with Crippen LogP contribution in [0, 0.1) is 0 Å². The number of nitrogens with one attached hydrogen (secondary N) is 2. The first-order valence-electron chi connectivity index (χ1n) is 10.2. The summed E-state index contributed by atoms with van der Waals surface area (Å²) in [7, 11) is 0. The molecule has 4 nitrogen and oxygen atoms in total. The molecule has 0 unspecified atom stereocenters. The summed E-state index contributed by atoms with van der Waals surface area (Å²) in [5.41, 5.74) is 5.99. The maximum absolute atomic E-state index is 12.6. The molecule has 0 radical (unpaired) electrons. The van der Waals surface area contributed by atoms with Gasteiger partial charge in [-0.05, 0) is 93.0 Å². The average molecular weight is 364 g/mol. The van der Waals surface area contributed by atoms with Crippen LogP contribution >= 0.6 is 0 Å². The first-order chi connectivity index (χ1) is 13.2. The maximum atomic E-state index is 12.6.